The molecule has 1 unspecified atom stereocenters. The lowest BCUT2D eigenvalue weighted by atomic mass is 10.00. The van der Waals surface area contributed by atoms with Gasteiger partial charge in [-0.15, -0.1) is 0 Å². The van der Waals surface area contributed by atoms with Crippen molar-refractivity contribution in [1.29, 1.82) is 0 Å². The maximum Gasteiger partial charge on any atom is 0.136 e. The molecule has 2 fully saturated rings. The van der Waals surface area contributed by atoms with Gasteiger partial charge in [0.05, 0.1) is 30.5 Å². The third-order valence-corrected chi connectivity index (χ3v) is 5.59. The number of ether oxygens (including phenoxy) is 1. The Balaban J connectivity index is 1.74. The van der Waals surface area contributed by atoms with Crippen molar-refractivity contribution in [2.24, 2.45) is 0 Å². The zero-order valence-corrected chi connectivity index (χ0v) is 16.1. The van der Waals surface area contributed by atoms with Gasteiger partial charge in [-0.3, -0.25) is 10.4 Å². The van der Waals surface area contributed by atoms with Crippen molar-refractivity contribution in [3.63, 3.8) is 0 Å². The van der Waals surface area contributed by atoms with Crippen LogP contribution < -0.4 is 15.8 Å². The lowest BCUT2D eigenvalue weighted by Gasteiger charge is -2.29. The van der Waals surface area contributed by atoms with Crippen LogP contribution >= 0.6 is 11.6 Å². The average Bonchev–Trinajstić information content (AvgIpc) is 3.28. The number of aromatic nitrogens is 3. The summed E-state index contributed by atoms with van der Waals surface area (Å²) in [4.78, 5) is 16.2. The van der Waals surface area contributed by atoms with Gasteiger partial charge in [-0.05, 0) is 36.2 Å². The Kier molecular flexibility index (Phi) is 4.82. The molecule has 0 saturated carbocycles. The summed E-state index contributed by atoms with van der Waals surface area (Å²) >= 11 is 6.46. The van der Waals surface area contributed by atoms with Gasteiger partial charge in [0.1, 0.15) is 11.0 Å². The topological polar surface area (TPSA) is 75.2 Å². The van der Waals surface area contributed by atoms with Gasteiger partial charge in [-0.25, -0.2) is 15.4 Å². The molecular formula is C20H21ClN6O. The first-order valence-corrected chi connectivity index (χ1v) is 9.91. The largest absolute Gasteiger partial charge is 0.378 e. The Morgan fingerprint density at radius 3 is 2.79 bits per heavy atom. The molecule has 1 atom stereocenters. The number of fused-ring (bicyclic) bond motifs is 1. The van der Waals surface area contributed by atoms with Crippen LogP contribution in [0, 0.1) is 0 Å². The van der Waals surface area contributed by atoms with Gasteiger partial charge >= 0.3 is 0 Å². The fraction of sp³-hybridized carbons (Fsp3) is 0.350. The van der Waals surface area contributed by atoms with Crippen LogP contribution in [-0.4, -0.2) is 47.8 Å². The van der Waals surface area contributed by atoms with Crippen LogP contribution in [0.3, 0.4) is 0 Å². The second-order valence-corrected chi connectivity index (χ2v) is 7.33. The first-order valence-electron chi connectivity index (χ1n) is 9.53. The molecule has 2 aliphatic heterocycles. The zero-order valence-electron chi connectivity index (χ0n) is 15.4. The van der Waals surface area contributed by atoms with E-state index in [9.17, 15) is 0 Å². The molecule has 7 nitrogen and oxygen atoms in total. The summed E-state index contributed by atoms with van der Waals surface area (Å²) in [6.45, 7) is 3.95. The average molecular weight is 397 g/mol. The third-order valence-electron chi connectivity index (χ3n) is 5.29. The molecule has 3 aromatic heterocycles. The Morgan fingerprint density at radius 1 is 1.11 bits per heavy atom. The highest BCUT2D eigenvalue weighted by Gasteiger charge is 2.24. The van der Waals surface area contributed by atoms with Crippen molar-refractivity contribution in [1.82, 2.24) is 25.8 Å². The summed E-state index contributed by atoms with van der Waals surface area (Å²) in [5.74, 6) is 0.922. The lowest BCUT2D eigenvalue weighted by molar-refractivity contribution is 0.122. The predicted molar refractivity (Wildman–Crippen MR) is 109 cm³/mol. The summed E-state index contributed by atoms with van der Waals surface area (Å²) in [6.07, 6.45) is 4.53. The maximum atomic E-state index is 6.46. The van der Waals surface area contributed by atoms with E-state index < -0.39 is 0 Å². The summed E-state index contributed by atoms with van der Waals surface area (Å²) in [5.41, 5.74) is 10.3. The van der Waals surface area contributed by atoms with Gasteiger partial charge in [0, 0.05) is 43.0 Å². The molecule has 8 heteroatoms. The fourth-order valence-corrected chi connectivity index (χ4v) is 4.09. The number of halogens is 1. The van der Waals surface area contributed by atoms with E-state index in [0.29, 0.717) is 18.4 Å². The molecule has 2 aliphatic rings. The van der Waals surface area contributed by atoms with Crippen molar-refractivity contribution in [3.05, 3.63) is 47.5 Å². The van der Waals surface area contributed by atoms with Crippen molar-refractivity contribution < 1.29 is 4.74 Å². The third kappa shape index (κ3) is 3.20. The highest BCUT2D eigenvalue weighted by molar-refractivity contribution is 6.32. The number of hydrogen-bond donors (Lipinski definition) is 2. The van der Waals surface area contributed by atoms with E-state index in [1.165, 1.54) is 0 Å². The molecule has 28 heavy (non-hydrogen) atoms. The van der Waals surface area contributed by atoms with Crippen LogP contribution in [0.1, 0.15) is 18.2 Å². The zero-order chi connectivity index (χ0) is 18.9. The Bertz CT molecular complexity index is 1000. The van der Waals surface area contributed by atoms with E-state index in [4.69, 9.17) is 21.3 Å². The standard InChI is InChI=1S/C20H21ClN6O/c21-20-14(2-1-5-23-20)15-12-17(27-8-10-28-11-9-27)25-18-13(15)3-6-22-19(18)16-4-7-24-26-16/h1-3,5-6,12,16,24,26H,4,7-11H2. The summed E-state index contributed by atoms with van der Waals surface area (Å²) < 4.78 is 5.52. The highest BCUT2D eigenvalue weighted by Crippen LogP contribution is 2.36. The lowest BCUT2D eigenvalue weighted by Crippen LogP contribution is -2.36. The van der Waals surface area contributed by atoms with E-state index >= 15 is 0 Å². The van der Waals surface area contributed by atoms with Gasteiger partial charge in [0.25, 0.3) is 0 Å². The predicted octanol–water partition coefficient (Wildman–Crippen LogP) is 2.72. The normalized spacial score (nSPS) is 20.0. The van der Waals surface area contributed by atoms with E-state index in [1.54, 1.807) is 6.20 Å². The van der Waals surface area contributed by atoms with E-state index in [-0.39, 0.29) is 6.04 Å². The van der Waals surface area contributed by atoms with Gasteiger partial charge in [0.2, 0.25) is 0 Å². The fourth-order valence-electron chi connectivity index (χ4n) is 3.87. The molecule has 0 aliphatic carbocycles. The number of morpholine rings is 1. The Hall–Kier alpha value is -2.32. The molecule has 2 N–H and O–H groups in total. The molecule has 0 aromatic carbocycles. The number of hydrogen-bond acceptors (Lipinski definition) is 7. The van der Waals surface area contributed by atoms with Crippen molar-refractivity contribution in [2.45, 2.75) is 12.5 Å². The Labute approximate surface area is 168 Å². The molecule has 0 spiro atoms. The van der Waals surface area contributed by atoms with Crippen molar-refractivity contribution in [3.8, 4) is 11.1 Å². The molecule has 3 aromatic rings. The van der Waals surface area contributed by atoms with Gasteiger partial charge in [-0.2, -0.15) is 0 Å². The number of hydrazine groups is 1. The Morgan fingerprint density at radius 2 is 2.00 bits per heavy atom. The van der Waals surface area contributed by atoms with Gasteiger partial charge < -0.3 is 9.64 Å². The molecule has 5 rings (SSSR count). The minimum absolute atomic E-state index is 0.133. The monoisotopic (exact) mass is 396 g/mol. The number of pyridine rings is 3. The second-order valence-electron chi connectivity index (χ2n) is 6.97. The quantitative estimate of drug-likeness (QED) is 0.659. The van der Waals surface area contributed by atoms with Gasteiger partial charge in [-0.1, -0.05) is 11.6 Å². The van der Waals surface area contributed by atoms with E-state index in [2.05, 4.69) is 31.8 Å². The molecule has 0 radical (unpaired) electrons. The molecule has 5 heterocycles. The van der Waals surface area contributed by atoms with Crippen molar-refractivity contribution in [2.75, 3.05) is 37.7 Å². The van der Waals surface area contributed by atoms with Crippen LogP contribution in [0.4, 0.5) is 5.82 Å². The summed E-state index contributed by atoms with van der Waals surface area (Å²) in [6, 6.07) is 8.17. The smallest absolute Gasteiger partial charge is 0.136 e. The second kappa shape index (κ2) is 7.60. The van der Waals surface area contributed by atoms with E-state index in [1.807, 2.05) is 24.4 Å². The first kappa shape index (κ1) is 17.8. The van der Waals surface area contributed by atoms with Crippen molar-refractivity contribution >= 4 is 28.3 Å². The van der Waals surface area contributed by atoms with Gasteiger partial charge in [0.15, 0.2) is 0 Å². The van der Waals surface area contributed by atoms with Crippen LogP contribution in [0.15, 0.2) is 36.7 Å². The minimum Gasteiger partial charge on any atom is -0.378 e. The number of nitrogens with zero attached hydrogens (tertiary/aromatic N) is 4. The molecule has 0 amide bonds. The maximum absolute atomic E-state index is 6.46. The number of anilines is 1. The minimum atomic E-state index is 0.133. The molecule has 2 saturated heterocycles. The van der Waals surface area contributed by atoms with E-state index in [0.717, 1.165) is 59.6 Å². The molecular weight excluding hydrogens is 376 g/mol. The van der Waals surface area contributed by atoms with Crippen LogP contribution in [0.25, 0.3) is 22.0 Å². The van der Waals surface area contributed by atoms with Crippen LogP contribution in [0.5, 0.6) is 0 Å². The SMILES string of the molecule is Clc1ncccc1-c1cc(N2CCOCC2)nc2c(C3CCNN3)nccc12. The van der Waals surface area contributed by atoms with Crippen LogP contribution in [0.2, 0.25) is 5.15 Å². The number of rotatable bonds is 3. The first-order chi connectivity index (χ1) is 13.8. The molecule has 144 valence electrons. The summed E-state index contributed by atoms with van der Waals surface area (Å²) in [7, 11) is 0. The summed E-state index contributed by atoms with van der Waals surface area (Å²) in [5, 5.41) is 1.52. The van der Waals surface area contributed by atoms with Crippen LogP contribution in [-0.2, 0) is 4.74 Å². The highest BCUT2D eigenvalue weighted by atomic mass is 35.5. The molecule has 0 bridgehead atoms. The number of nitrogens with one attached hydrogen (secondary N) is 2.